The van der Waals surface area contributed by atoms with Crippen molar-refractivity contribution in [1.82, 2.24) is 0 Å². The molecule has 0 fully saturated rings. The number of thioether (sulfide) groups is 1. The normalized spacial score (nSPS) is 10.8. The lowest BCUT2D eigenvalue weighted by Crippen LogP contribution is -2.03. The van der Waals surface area contributed by atoms with Crippen molar-refractivity contribution < 1.29 is 4.79 Å². The molecule has 2 heteroatoms. The lowest BCUT2D eigenvalue weighted by atomic mass is 10.2. The quantitative estimate of drug-likeness (QED) is 0.560. The first kappa shape index (κ1) is 13.0. The molecule has 0 N–H and O–H groups in total. The van der Waals surface area contributed by atoms with Crippen LogP contribution in [-0.4, -0.2) is 17.3 Å². The molecule has 0 rings (SSSR count). The summed E-state index contributed by atoms with van der Waals surface area (Å²) in [6.07, 6.45) is 4.27. The van der Waals surface area contributed by atoms with E-state index in [2.05, 4.69) is 20.8 Å². The van der Waals surface area contributed by atoms with Crippen LogP contribution in [0.3, 0.4) is 0 Å². The van der Waals surface area contributed by atoms with Gasteiger partial charge in [-0.25, -0.2) is 0 Å². The van der Waals surface area contributed by atoms with Gasteiger partial charge in [0, 0.05) is 6.42 Å². The molecule has 0 bridgehead atoms. The van der Waals surface area contributed by atoms with Crippen molar-refractivity contribution in [2.45, 2.75) is 46.5 Å². The van der Waals surface area contributed by atoms with Gasteiger partial charge in [0.15, 0.2) is 0 Å². The van der Waals surface area contributed by atoms with Crippen molar-refractivity contribution in [2.24, 2.45) is 5.92 Å². The molecule has 0 heterocycles. The van der Waals surface area contributed by atoms with Crippen LogP contribution in [0.2, 0.25) is 0 Å². The van der Waals surface area contributed by atoms with Crippen LogP contribution in [0.25, 0.3) is 0 Å². The number of hydrogen-bond acceptors (Lipinski definition) is 2. The number of unbranched alkanes of at least 4 members (excludes halogenated alkanes) is 2. The molecule has 1 nitrogen and oxygen atoms in total. The smallest absolute Gasteiger partial charge is 0.142 e. The third kappa shape index (κ3) is 9.94. The fourth-order valence-corrected chi connectivity index (χ4v) is 2.01. The topological polar surface area (TPSA) is 17.1 Å². The SMILES string of the molecule is CCCCCC(=O)CSCC(C)C. The van der Waals surface area contributed by atoms with E-state index in [-0.39, 0.29) is 0 Å². The van der Waals surface area contributed by atoms with Crippen LogP contribution in [0.5, 0.6) is 0 Å². The summed E-state index contributed by atoms with van der Waals surface area (Å²) in [5, 5.41) is 0. The molecule has 0 saturated heterocycles. The second kappa shape index (κ2) is 8.61. The summed E-state index contributed by atoms with van der Waals surface area (Å²) in [6, 6.07) is 0. The van der Waals surface area contributed by atoms with E-state index in [1.54, 1.807) is 11.8 Å². The zero-order valence-corrected chi connectivity index (χ0v) is 9.95. The van der Waals surface area contributed by atoms with Crippen LogP contribution in [-0.2, 0) is 4.79 Å². The molecule has 0 aromatic carbocycles. The van der Waals surface area contributed by atoms with Gasteiger partial charge in [-0.3, -0.25) is 4.79 Å². The second-order valence-electron chi connectivity index (χ2n) is 3.90. The number of hydrogen-bond donors (Lipinski definition) is 0. The molecule has 0 amide bonds. The summed E-state index contributed by atoms with van der Waals surface area (Å²) in [7, 11) is 0. The van der Waals surface area contributed by atoms with E-state index in [9.17, 15) is 4.79 Å². The Bertz CT molecular complexity index is 132. The van der Waals surface area contributed by atoms with Crippen molar-refractivity contribution >= 4 is 17.5 Å². The average Bonchev–Trinajstić information content (AvgIpc) is 2.04. The molecule has 0 unspecified atom stereocenters. The molecule has 0 aromatic rings. The molecule has 78 valence electrons. The summed E-state index contributed by atoms with van der Waals surface area (Å²) in [5.41, 5.74) is 0. The van der Waals surface area contributed by atoms with Crippen molar-refractivity contribution in [1.29, 1.82) is 0 Å². The first-order valence-corrected chi connectivity index (χ1v) is 6.41. The Balaban J connectivity index is 3.20. The van der Waals surface area contributed by atoms with Crippen LogP contribution < -0.4 is 0 Å². The highest BCUT2D eigenvalue weighted by Crippen LogP contribution is 2.09. The molecular weight excluding hydrogens is 180 g/mol. The molecule has 0 aliphatic heterocycles. The van der Waals surface area contributed by atoms with E-state index in [0.29, 0.717) is 11.7 Å². The minimum Gasteiger partial charge on any atom is -0.299 e. The van der Waals surface area contributed by atoms with Gasteiger partial charge in [0.05, 0.1) is 5.75 Å². The molecule has 0 aliphatic carbocycles. The van der Waals surface area contributed by atoms with Crippen LogP contribution in [0.1, 0.15) is 46.5 Å². The molecule has 0 saturated carbocycles. The van der Waals surface area contributed by atoms with Crippen molar-refractivity contribution in [3.8, 4) is 0 Å². The number of Topliss-reactive ketones (excluding diaryl/α,β-unsaturated/α-hetero) is 1. The zero-order valence-electron chi connectivity index (χ0n) is 9.14. The van der Waals surface area contributed by atoms with Gasteiger partial charge < -0.3 is 0 Å². The summed E-state index contributed by atoms with van der Waals surface area (Å²) >= 11 is 1.78. The molecule has 0 spiro atoms. The highest BCUT2D eigenvalue weighted by molar-refractivity contribution is 7.99. The average molecular weight is 202 g/mol. The van der Waals surface area contributed by atoms with Crippen molar-refractivity contribution in [2.75, 3.05) is 11.5 Å². The summed E-state index contributed by atoms with van der Waals surface area (Å²) in [4.78, 5) is 11.3. The van der Waals surface area contributed by atoms with E-state index in [4.69, 9.17) is 0 Å². The van der Waals surface area contributed by atoms with Gasteiger partial charge >= 0.3 is 0 Å². The summed E-state index contributed by atoms with van der Waals surface area (Å²) < 4.78 is 0. The first-order chi connectivity index (χ1) is 6.16. The maximum absolute atomic E-state index is 11.3. The Hall–Kier alpha value is 0.0200. The van der Waals surface area contributed by atoms with Gasteiger partial charge in [-0.05, 0) is 18.1 Å². The van der Waals surface area contributed by atoms with Gasteiger partial charge in [0.1, 0.15) is 5.78 Å². The Labute approximate surface area is 86.7 Å². The van der Waals surface area contributed by atoms with Crippen LogP contribution in [0.4, 0.5) is 0 Å². The minimum atomic E-state index is 0.430. The molecule has 13 heavy (non-hydrogen) atoms. The van der Waals surface area contributed by atoms with E-state index >= 15 is 0 Å². The predicted octanol–water partition coefficient (Wildman–Crippen LogP) is 3.53. The number of carbonyl (C=O) groups excluding carboxylic acids is 1. The third-order valence-corrected chi connectivity index (χ3v) is 3.20. The second-order valence-corrected chi connectivity index (χ2v) is 4.94. The zero-order chi connectivity index (χ0) is 10.1. The molecule has 0 atom stereocenters. The highest BCUT2D eigenvalue weighted by Gasteiger charge is 2.02. The van der Waals surface area contributed by atoms with Crippen molar-refractivity contribution in [3.05, 3.63) is 0 Å². The monoisotopic (exact) mass is 202 g/mol. The Kier molecular flexibility index (Phi) is 8.62. The molecule has 0 radical (unpaired) electrons. The standard InChI is InChI=1S/C11H22OS/c1-4-5-6-7-11(12)9-13-8-10(2)3/h10H,4-9H2,1-3H3. The molecule has 0 aromatic heterocycles. The van der Waals surface area contributed by atoms with Crippen LogP contribution >= 0.6 is 11.8 Å². The first-order valence-electron chi connectivity index (χ1n) is 5.26. The number of ketones is 1. The van der Waals surface area contributed by atoms with Gasteiger partial charge in [-0.2, -0.15) is 11.8 Å². The summed E-state index contributed by atoms with van der Waals surface area (Å²) in [5.74, 6) is 2.97. The lowest BCUT2D eigenvalue weighted by molar-refractivity contribution is -0.116. The molecular formula is C11H22OS. The van der Waals surface area contributed by atoms with Gasteiger partial charge in [-0.15, -0.1) is 0 Å². The molecule has 0 aliphatic rings. The maximum atomic E-state index is 11.3. The third-order valence-electron chi connectivity index (χ3n) is 1.77. The van der Waals surface area contributed by atoms with Crippen LogP contribution in [0, 0.1) is 5.92 Å². The predicted molar refractivity (Wildman–Crippen MR) is 61.3 cm³/mol. The largest absolute Gasteiger partial charge is 0.299 e. The van der Waals surface area contributed by atoms with Gasteiger partial charge in [-0.1, -0.05) is 33.6 Å². The minimum absolute atomic E-state index is 0.430. The van der Waals surface area contributed by atoms with Gasteiger partial charge in [0.2, 0.25) is 0 Å². The van der Waals surface area contributed by atoms with E-state index in [1.165, 1.54) is 12.8 Å². The van der Waals surface area contributed by atoms with Crippen molar-refractivity contribution in [3.63, 3.8) is 0 Å². The number of carbonyl (C=O) groups is 1. The Morgan fingerprint density at radius 3 is 2.54 bits per heavy atom. The fraction of sp³-hybridized carbons (Fsp3) is 0.909. The number of rotatable bonds is 8. The van der Waals surface area contributed by atoms with E-state index < -0.39 is 0 Å². The summed E-state index contributed by atoms with van der Waals surface area (Å²) in [6.45, 7) is 6.54. The van der Waals surface area contributed by atoms with Gasteiger partial charge in [0.25, 0.3) is 0 Å². The van der Waals surface area contributed by atoms with Crippen LogP contribution in [0.15, 0.2) is 0 Å². The van der Waals surface area contributed by atoms with E-state index in [0.717, 1.165) is 24.3 Å². The Morgan fingerprint density at radius 2 is 2.00 bits per heavy atom. The Morgan fingerprint density at radius 1 is 1.31 bits per heavy atom. The maximum Gasteiger partial charge on any atom is 0.142 e. The highest BCUT2D eigenvalue weighted by atomic mass is 32.2. The van der Waals surface area contributed by atoms with E-state index in [1.807, 2.05) is 0 Å². The lowest BCUT2D eigenvalue weighted by Gasteiger charge is -2.03. The fourth-order valence-electron chi connectivity index (χ4n) is 1.05.